The minimum atomic E-state index is 0.705. The molecule has 2 rings (SSSR count). The van der Waals surface area contributed by atoms with Crippen LogP contribution in [0.5, 0.6) is 5.88 Å². The summed E-state index contributed by atoms with van der Waals surface area (Å²) in [5.74, 6) is 0.705. The van der Waals surface area contributed by atoms with Gasteiger partial charge in [0.05, 0.1) is 12.0 Å². The third kappa shape index (κ3) is 3.65. The average molecular weight is 298 g/mol. The van der Waals surface area contributed by atoms with Crippen molar-refractivity contribution in [2.75, 3.05) is 26.1 Å². The molecule has 0 spiro atoms. The molecule has 0 bridgehead atoms. The first-order valence-corrected chi connectivity index (χ1v) is 7.56. The van der Waals surface area contributed by atoms with E-state index in [1.165, 1.54) is 4.88 Å². The Hall–Kier alpha value is -1.18. The maximum atomic E-state index is 5.30. The summed E-state index contributed by atoms with van der Waals surface area (Å²) >= 11 is 3.36. The normalized spacial score (nSPS) is 10.7. The highest BCUT2D eigenvalue weighted by Gasteiger charge is 2.12. The lowest BCUT2D eigenvalue weighted by Crippen LogP contribution is -2.12. The molecule has 2 aromatic rings. The molecular formula is C12H18N4OS2. The van der Waals surface area contributed by atoms with Crippen LogP contribution in [0.3, 0.4) is 0 Å². The fourth-order valence-corrected chi connectivity index (χ4v) is 3.23. The molecule has 1 N–H and O–H groups in total. The molecule has 19 heavy (non-hydrogen) atoms. The molecule has 2 aromatic heterocycles. The van der Waals surface area contributed by atoms with E-state index in [-0.39, 0.29) is 0 Å². The highest BCUT2D eigenvalue weighted by molar-refractivity contribution is 7.15. The quantitative estimate of drug-likeness (QED) is 0.886. The Labute approximate surface area is 121 Å². The Morgan fingerprint density at radius 1 is 1.32 bits per heavy atom. The van der Waals surface area contributed by atoms with Crippen LogP contribution in [0.2, 0.25) is 0 Å². The van der Waals surface area contributed by atoms with E-state index in [2.05, 4.69) is 22.2 Å². The number of rotatable bonds is 6. The molecule has 0 saturated heterocycles. The van der Waals surface area contributed by atoms with Crippen LogP contribution in [-0.2, 0) is 13.1 Å². The lowest BCUT2D eigenvalue weighted by Gasteiger charge is -2.04. The molecule has 2 heterocycles. The Kier molecular flexibility index (Phi) is 4.73. The summed E-state index contributed by atoms with van der Waals surface area (Å²) in [6.45, 7) is 3.58. The molecular weight excluding hydrogens is 280 g/mol. The summed E-state index contributed by atoms with van der Waals surface area (Å²) in [7, 11) is 5.61. The molecule has 0 saturated carbocycles. The fourth-order valence-electron chi connectivity index (χ4n) is 1.55. The zero-order valence-corrected chi connectivity index (χ0v) is 13.2. The average Bonchev–Trinajstić information content (AvgIpc) is 2.96. The van der Waals surface area contributed by atoms with Crippen LogP contribution < -0.4 is 15.0 Å². The van der Waals surface area contributed by atoms with Gasteiger partial charge in [0.1, 0.15) is 5.01 Å². The lowest BCUT2D eigenvalue weighted by molar-refractivity contribution is 0.394. The number of aryl methyl sites for hydroxylation is 1. The molecule has 0 atom stereocenters. The van der Waals surface area contributed by atoms with Crippen molar-refractivity contribution < 1.29 is 4.74 Å². The van der Waals surface area contributed by atoms with Crippen LogP contribution in [0.4, 0.5) is 5.13 Å². The molecule has 5 nitrogen and oxygen atoms in total. The molecule has 0 aliphatic rings. The maximum absolute atomic E-state index is 5.30. The van der Waals surface area contributed by atoms with Gasteiger partial charge in [0, 0.05) is 38.3 Å². The van der Waals surface area contributed by atoms with Gasteiger partial charge >= 0.3 is 0 Å². The smallest absolute Gasteiger partial charge is 0.230 e. The Bertz CT molecular complexity index is 536. The molecule has 7 heteroatoms. The molecule has 0 aromatic carbocycles. The molecule has 0 aliphatic carbocycles. The van der Waals surface area contributed by atoms with Crippen molar-refractivity contribution in [3.8, 4) is 5.88 Å². The van der Waals surface area contributed by atoms with Crippen molar-refractivity contribution >= 4 is 27.8 Å². The zero-order chi connectivity index (χ0) is 13.8. The molecule has 0 fully saturated rings. The van der Waals surface area contributed by atoms with Gasteiger partial charge in [0.25, 0.3) is 0 Å². The second-order valence-electron chi connectivity index (χ2n) is 4.29. The Morgan fingerprint density at radius 2 is 2.11 bits per heavy atom. The standard InChI is InChI=1S/C12H18N4OS2/c1-8-5-14-10(18-8)7-13-6-9-11(17-4)15-12(19-9)16(2)3/h5,13H,6-7H2,1-4H3. The number of aromatic nitrogens is 2. The number of hydrogen-bond donors (Lipinski definition) is 1. The highest BCUT2D eigenvalue weighted by atomic mass is 32.1. The van der Waals surface area contributed by atoms with E-state index in [9.17, 15) is 0 Å². The SMILES string of the molecule is COc1nc(N(C)C)sc1CNCc1ncc(C)s1. The fraction of sp³-hybridized carbons (Fsp3) is 0.500. The number of nitrogens with zero attached hydrogens (tertiary/aromatic N) is 3. The summed E-state index contributed by atoms with van der Waals surface area (Å²) in [4.78, 5) is 13.1. The minimum absolute atomic E-state index is 0.705. The number of thiazole rings is 2. The molecule has 0 radical (unpaired) electrons. The predicted octanol–water partition coefficient (Wildman–Crippen LogP) is 2.27. The summed E-state index contributed by atoms with van der Waals surface area (Å²) in [6.07, 6.45) is 1.90. The first kappa shape index (κ1) is 14.2. The third-order valence-electron chi connectivity index (χ3n) is 2.46. The maximum Gasteiger partial charge on any atom is 0.230 e. The van der Waals surface area contributed by atoms with E-state index in [1.807, 2.05) is 25.2 Å². The van der Waals surface area contributed by atoms with Crippen LogP contribution >= 0.6 is 22.7 Å². The van der Waals surface area contributed by atoms with Gasteiger partial charge in [0.2, 0.25) is 5.88 Å². The van der Waals surface area contributed by atoms with Crippen molar-refractivity contribution in [1.82, 2.24) is 15.3 Å². The summed E-state index contributed by atoms with van der Waals surface area (Å²) in [6, 6.07) is 0. The number of nitrogens with one attached hydrogen (secondary N) is 1. The third-order valence-corrected chi connectivity index (χ3v) is 4.57. The zero-order valence-electron chi connectivity index (χ0n) is 11.6. The summed E-state index contributed by atoms with van der Waals surface area (Å²) in [5.41, 5.74) is 0. The second-order valence-corrected chi connectivity index (χ2v) is 6.67. The topological polar surface area (TPSA) is 50.3 Å². The van der Waals surface area contributed by atoms with Crippen molar-refractivity contribution in [1.29, 1.82) is 0 Å². The summed E-state index contributed by atoms with van der Waals surface area (Å²) < 4.78 is 5.30. The van der Waals surface area contributed by atoms with Crippen molar-refractivity contribution in [3.63, 3.8) is 0 Å². The monoisotopic (exact) mass is 298 g/mol. The lowest BCUT2D eigenvalue weighted by atomic mass is 10.5. The summed E-state index contributed by atoms with van der Waals surface area (Å²) in [5, 5.41) is 5.44. The molecule has 0 unspecified atom stereocenters. The van der Waals surface area contributed by atoms with E-state index < -0.39 is 0 Å². The van der Waals surface area contributed by atoms with E-state index in [0.717, 1.165) is 28.1 Å². The molecule has 104 valence electrons. The number of ether oxygens (including phenoxy) is 1. The van der Waals surface area contributed by atoms with Crippen LogP contribution in [0.15, 0.2) is 6.20 Å². The highest BCUT2D eigenvalue weighted by Crippen LogP contribution is 2.30. The van der Waals surface area contributed by atoms with Gasteiger partial charge in [-0.1, -0.05) is 11.3 Å². The first-order chi connectivity index (χ1) is 9.10. The Balaban J connectivity index is 1.95. The van der Waals surface area contributed by atoms with Gasteiger partial charge < -0.3 is 15.0 Å². The largest absolute Gasteiger partial charge is 0.480 e. The van der Waals surface area contributed by atoms with E-state index in [4.69, 9.17) is 4.74 Å². The number of methoxy groups -OCH3 is 1. The Morgan fingerprint density at radius 3 is 2.68 bits per heavy atom. The van der Waals surface area contributed by atoms with Gasteiger partial charge in [-0.05, 0) is 6.92 Å². The number of hydrogen-bond acceptors (Lipinski definition) is 7. The van der Waals surface area contributed by atoms with Crippen molar-refractivity contribution in [2.45, 2.75) is 20.0 Å². The van der Waals surface area contributed by atoms with Crippen molar-refractivity contribution in [3.05, 3.63) is 21.0 Å². The van der Waals surface area contributed by atoms with Crippen LogP contribution in [0.25, 0.3) is 0 Å². The van der Waals surface area contributed by atoms with E-state index in [0.29, 0.717) is 5.88 Å². The van der Waals surface area contributed by atoms with Gasteiger partial charge in [0.15, 0.2) is 5.13 Å². The van der Waals surface area contributed by atoms with Crippen molar-refractivity contribution in [2.24, 2.45) is 0 Å². The van der Waals surface area contributed by atoms with E-state index >= 15 is 0 Å². The number of anilines is 1. The molecule has 0 amide bonds. The van der Waals surface area contributed by atoms with Gasteiger partial charge in [-0.3, -0.25) is 0 Å². The minimum Gasteiger partial charge on any atom is -0.480 e. The van der Waals surface area contributed by atoms with Gasteiger partial charge in [-0.15, -0.1) is 11.3 Å². The van der Waals surface area contributed by atoms with Gasteiger partial charge in [-0.25, -0.2) is 4.98 Å². The van der Waals surface area contributed by atoms with Crippen LogP contribution in [-0.4, -0.2) is 31.2 Å². The molecule has 0 aliphatic heterocycles. The first-order valence-electron chi connectivity index (χ1n) is 5.93. The second kappa shape index (κ2) is 6.31. The predicted molar refractivity (Wildman–Crippen MR) is 80.4 cm³/mol. The van der Waals surface area contributed by atoms with E-state index in [1.54, 1.807) is 29.8 Å². The van der Waals surface area contributed by atoms with Gasteiger partial charge in [-0.2, -0.15) is 4.98 Å². The van der Waals surface area contributed by atoms with Crippen LogP contribution in [0, 0.1) is 6.92 Å². The van der Waals surface area contributed by atoms with Crippen LogP contribution in [0.1, 0.15) is 14.8 Å².